The van der Waals surface area contributed by atoms with Crippen LogP contribution in [0.15, 0.2) is 77.0 Å². The Labute approximate surface area is 175 Å². The molecule has 3 rings (SSSR count). The largest absolute Gasteiger partial charge is 0.494 e. The predicted molar refractivity (Wildman–Crippen MR) is 115 cm³/mol. The molecule has 1 aromatic heterocycles. The van der Waals surface area contributed by atoms with Gasteiger partial charge in [0.05, 0.1) is 12.9 Å². The van der Waals surface area contributed by atoms with Gasteiger partial charge < -0.3 is 19.8 Å². The van der Waals surface area contributed by atoms with E-state index in [2.05, 4.69) is 10.6 Å². The maximum Gasteiger partial charge on any atom is 0.268 e. The Bertz CT molecular complexity index is 1040. The average Bonchev–Trinajstić information content (AvgIpc) is 3.25. The van der Waals surface area contributed by atoms with Gasteiger partial charge in [-0.3, -0.25) is 9.59 Å². The molecule has 0 aliphatic heterocycles. The van der Waals surface area contributed by atoms with Gasteiger partial charge >= 0.3 is 0 Å². The monoisotopic (exact) mass is 404 g/mol. The van der Waals surface area contributed by atoms with Crippen molar-refractivity contribution in [1.29, 1.82) is 0 Å². The van der Waals surface area contributed by atoms with Gasteiger partial charge in [0.2, 0.25) is 0 Å². The first-order valence-electron chi connectivity index (χ1n) is 9.69. The standard InChI is InChI=1S/C24H24N2O4/c1-3-29-19-10-6-9-18(14-19)16-25-24(28)22(15-20-11-7-13-30-20)26-23(27)21-12-5-4-8-17(21)2/h4-15H,3,16H2,1-2H3,(H,25,28)(H,26,27)/b22-15-. The molecule has 0 bridgehead atoms. The number of rotatable bonds is 8. The minimum absolute atomic E-state index is 0.0964. The lowest BCUT2D eigenvalue weighted by atomic mass is 10.1. The third-order valence-electron chi connectivity index (χ3n) is 4.37. The molecule has 1 heterocycles. The highest BCUT2D eigenvalue weighted by Gasteiger charge is 2.16. The molecule has 0 aliphatic carbocycles. The van der Waals surface area contributed by atoms with Gasteiger partial charge in [0.1, 0.15) is 17.2 Å². The van der Waals surface area contributed by atoms with E-state index >= 15 is 0 Å². The number of hydrogen-bond acceptors (Lipinski definition) is 4. The van der Waals surface area contributed by atoms with E-state index in [0.29, 0.717) is 17.9 Å². The van der Waals surface area contributed by atoms with Gasteiger partial charge in [-0.15, -0.1) is 0 Å². The fraction of sp³-hybridized carbons (Fsp3) is 0.167. The first-order valence-corrected chi connectivity index (χ1v) is 9.69. The van der Waals surface area contributed by atoms with Crippen LogP contribution >= 0.6 is 0 Å². The van der Waals surface area contributed by atoms with Crippen molar-refractivity contribution in [2.75, 3.05) is 6.61 Å². The summed E-state index contributed by atoms with van der Waals surface area (Å²) in [6, 6.07) is 18.1. The zero-order valence-electron chi connectivity index (χ0n) is 17.0. The molecular formula is C24H24N2O4. The van der Waals surface area contributed by atoms with E-state index < -0.39 is 5.91 Å². The zero-order chi connectivity index (χ0) is 21.3. The summed E-state index contributed by atoms with van der Waals surface area (Å²) in [4.78, 5) is 25.6. The van der Waals surface area contributed by atoms with Crippen LogP contribution in [-0.2, 0) is 11.3 Å². The van der Waals surface area contributed by atoms with Crippen LogP contribution in [0.3, 0.4) is 0 Å². The van der Waals surface area contributed by atoms with Crippen molar-refractivity contribution in [3.63, 3.8) is 0 Å². The van der Waals surface area contributed by atoms with Crippen LogP contribution in [0.4, 0.5) is 0 Å². The molecule has 2 N–H and O–H groups in total. The Balaban J connectivity index is 1.75. The van der Waals surface area contributed by atoms with Gasteiger partial charge in [0.25, 0.3) is 11.8 Å². The van der Waals surface area contributed by atoms with Gasteiger partial charge in [-0.25, -0.2) is 0 Å². The highest BCUT2D eigenvalue weighted by Crippen LogP contribution is 2.14. The highest BCUT2D eigenvalue weighted by molar-refractivity contribution is 6.05. The second-order valence-electron chi connectivity index (χ2n) is 6.61. The fourth-order valence-electron chi connectivity index (χ4n) is 2.88. The summed E-state index contributed by atoms with van der Waals surface area (Å²) in [6.07, 6.45) is 3.01. The molecule has 6 heteroatoms. The van der Waals surface area contributed by atoms with Gasteiger partial charge in [-0.2, -0.15) is 0 Å². The molecule has 0 spiro atoms. The third kappa shape index (κ3) is 5.61. The normalized spacial score (nSPS) is 11.1. The maximum atomic E-state index is 12.8. The summed E-state index contributed by atoms with van der Waals surface area (Å²) in [5, 5.41) is 5.54. The maximum absolute atomic E-state index is 12.8. The van der Waals surface area contributed by atoms with Gasteiger partial charge in [-0.1, -0.05) is 30.3 Å². The first kappa shape index (κ1) is 20.9. The third-order valence-corrected chi connectivity index (χ3v) is 4.37. The van der Waals surface area contributed by atoms with Crippen LogP contribution in [0.25, 0.3) is 6.08 Å². The molecule has 0 aliphatic rings. The summed E-state index contributed by atoms with van der Waals surface area (Å²) >= 11 is 0. The second-order valence-corrected chi connectivity index (χ2v) is 6.61. The Kier molecular flexibility index (Phi) is 7.05. The SMILES string of the molecule is CCOc1cccc(CNC(=O)/C(=C/c2ccco2)NC(=O)c2ccccc2C)c1. The van der Waals surface area contributed by atoms with E-state index in [1.54, 1.807) is 24.3 Å². The number of amides is 2. The molecule has 0 saturated heterocycles. The lowest BCUT2D eigenvalue weighted by molar-refractivity contribution is -0.117. The molecular weight excluding hydrogens is 380 g/mol. The number of hydrogen-bond donors (Lipinski definition) is 2. The second kappa shape index (κ2) is 10.1. The van der Waals surface area contributed by atoms with Crippen LogP contribution < -0.4 is 15.4 Å². The van der Waals surface area contributed by atoms with Crippen molar-refractivity contribution in [2.24, 2.45) is 0 Å². The van der Waals surface area contributed by atoms with Crippen molar-refractivity contribution < 1.29 is 18.7 Å². The number of nitrogens with one attached hydrogen (secondary N) is 2. The van der Waals surface area contributed by atoms with E-state index in [4.69, 9.17) is 9.15 Å². The molecule has 0 saturated carbocycles. The fourth-order valence-corrected chi connectivity index (χ4v) is 2.88. The lowest BCUT2D eigenvalue weighted by Crippen LogP contribution is -2.34. The zero-order valence-corrected chi connectivity index (χ0v) is 17.0. The summed E-state index contributed by atoms with van der Waals surface area (Å²) in [5.41, 5.74) is 2.30. The molecule has 0 fully saturated rings. The summed E-state index contributed by atoms with van der Waals surface area (Å²) in [7, 11) is 0. The van der Waals surface area contributed by atoms with Crippen LogP contribution in [0, 0.1) is 6.92 Å². The minimum atomic E-state index is -0.421. The number of carbonyl (C=O) groups is 2. The molecule has 30 heavy (non-hydrogen) atoms. The number of aryl methyl sites for hydroxylation is 1. The summed E-state index contributed by atoms with van der Waals surface area (Å²) in [5.74, 6) is 0.418. The average molecular weight is 404 g/mol. The molecule has 2 aromatic carbocycles. The van der Waals surface area contributed by atoms with Crippen molar-refractivity contribution in [3.05, 3.63) is 95.1 Å². The topological polar surface area (TPSA) is 80.6 Å². The van der Waals surface area contributed by atoms with E-state index in [9.17, 15) is 9.59 Å². The number of carbonyl (C=O) groups excluding carboxylic acids is 2. The van der Waals surface area contributed by atoms with Crippen LogP contribution in [-0.4, -0.2) is 18.4 Å². The minimum Gasteiger partial charge on any atom is -0.494 e. The van der Waals surface area contributed by atoms with Crippen LogP contribution in [0.5, 0.6) is 5.75 Å². The summed E-state index contributed by atoms with van der Waals surface area (Å²) < 4.78 is 10.8. The van der Waals surface area contributed by atoms with E-state index in [1.807, 2.05) is 50.2 Å². The van der Waals surface area contributed by atoms with Crippen molar-refractivity contribution >= 4 is 17.9 Å². The van der Waals surface area contributed by atoms with Gasteiger partial charge in [0, 0.05) is 18.2 Å². The van der Waals surface area contributed by atoms with E-state index in [-0.39, 0.29) is 18.1 Å². The van der Waals surface area contributed by atoms with Crippen molar-refractivity contribution in [3.8, 4) is 5.75 Å². The van der Waals surface area contributed by atoms with Crippen molar-refractivity contribution in [1.82, 2.24) is 10.6 Å². The molecule has 154 valence electrons. The van der Waals surface area contributed by atoms with Crippen LogP contribution in [0.2, 0.25) is 0 Å². The van der Waals surface area contributed by atoms with E-state index in [1.165, 1.54) is 12.3 Å². The van der Waals surface area contributed by atoms with Crippen molar-refractivity contribution in [2.45, 2.75) is 20.4 Å². The Hall–Kier alpha value is -3.80. The van der Waals surface area contributed by atoms with Gasteiger partial charge in [-0.05, 0) is 55.3 Å². The molecule has 0 radical (unpaired) electrons. The number of benzene rings is 2. The van der Waals surface area contributed by atoms with Gasteiger partial charge in [0.15, 0.2) is 0 Å². The molecule has 2 amide bonds. The Morgan fingerprint density at radius 3 is 2.63 bits per heavy atom. The molecule has 6 nitrogen and oxygen atoms in total. The first-order chi connectivity index (χ1) is 14.6. The smallest absolute Gasteiger partial charge is 0.268 e. The molecule has 3 aromatic rings. The lowest BCUT2D eigenvalue weighted by Gasteiger charge is -2.12. The quantitative estimate of drug-likeness (QED) is 0.555. The summed E-state index contributed by atoms with van der Waals surface area (Å²) in [6.45, 7) is 4.61. The molecule has 0 unspecified atom stereocenters. The Morgan fingerprint density at radius 1 is 1.07 bits per heavy atom. The molecule has 0 atom stereocenters. The number of furan rings is 1. The highest BCUT2D eigenvalue weighted by atomic mass is 16.5. The van der Waals surface area contributed by atoms with E-state index in [0.717, 1.165) is 16.9 Å². The number of ether oxygens (including phenoxy) is 1. The predicted octanol–water partition coefficient (Wildman–Crippen LogP) is 4.07. The van der Waals surface area contributed by atoms with Crippen LogP contribution in [0.1, 0.15) is 34.2 Å². The Morgan fingerprint density at radius 2 is 1.90 bits per heavy atom.